The molecule has 154 valence electrons. The Balaban J connectivity index is 0.00000280. The van der Waals surface area contributed by atoms with E-state index >= 15 is 0 Å². The van der Waals surface area contributed by atoms with Gasteiger partial charge in [-0.25, -0.2) is 0 Å². The van der Waals surface area contributed by atoms with Crippen LogP contribution < -0.4 is 10.5 Å². The van der Waals surface area contributed by atoms with E-state index in [0.29, 0.717) is 18.9 Å². The summed E-state index contributed by atoms with van der Waals surface area (Å²) in [4.78, 5) is 14.5. The van der Waals surface area contributed by atoms with Crippen LogP contribution in [0.1, 0.15) is 42.3 Å². The number of likely N-dealkylation sites (tertiary alicyclic amines) is 1. The minimum absolute atomic E-state index is 0. The molecule has 28 heavy (non-hydrogen) atoms. The molecule has 1 unspecified atom stereocenters. The zero-order chi connectivity index (χ0) is 19.4. The van der Waals surface area contributed by atoms with Crippen molar-refractivity contribution in [3.8, 4) is 5.75 Å². The third-order valence-corrected chi connectivity index (χ3v) is 5.48. The monoisotopic (exact) mass is 407 g/mol. The minimum atomic E-state index is 0. The molecule has 1 aromatic heterocycles. The summed E-state index contributed by atoms with van der Waals surface area (Å²) in [5.74, 6) is 2.26. The largest absolute Gasteiger partial charge is 0.489 e. The first kappa shape index (κ1) is 22.2. The van der Waals surface area contributed by atoms with Crippen molar-refractivity contribution >= 4 is 18.3 Å². The van der Waals surface area contributed by atoms with Crippen LogP contribution in [0, 0.1) is 19.8 Å². The number of piperidine rings is 1. The molecule has 1 atom stereocenters. The molecule has 0 bridgehead atoms. The molecular formula is C21H30ClN3O3. The smallest absolute Gasteiger partial charge is 0.226 e. The normalized spacial score (nSPS) is 15.8. The molecule has 0 spiro atoms. The van der Waals surface area contributed by atoms with E-state index in [0.717, 1.165) is 54.3 Å². The van der Waals surface area contributed by atoms with Gasteiger partial charge in [-0.3, -0.25) is 4.79 Å². The van der Waals surface area contributed by atoms with Gasteiger partial charge >= 0.3 is 0 Å². The minimum Gasteiger partial charge on any atom is -0.489 e. The van der Waals surface area contributed by atoms with Crippen molar-refractivity contribution in [2.24, 2.45) is 11.7 Å². The Hall–Kier alpha value is -2.05. The van der Waals surface area contributed by atoms with Crippen LogP contribution in [0.5, 0.6) is 5.75 Å². The number of carbonyl (C=O) groups is 1. The quantitative estimate of drug-likeness (QED) is 0.793. The van der Waals surface area contributed by atoms with Gasteiger partial charge in [-0.05, 0) is 57.2 Å². The average Bonchev–Trinajstić information content (AvgIpc) is 2.99. The first-order valence-electron chi connectivity index (χ1n) is 9.61. The van der Waals surface area contributed by atoms with Crippen LogP contribution >= 0.6 is 12.4 Å². The fraction of sp³-hybridized carbons (Fsp3) is 0.524. The zero-order valence-electron chi connectivity index (χ0n) is 16.8. The number of rotatable bonds is 6. The van der Waals surface area contributed by atoms with Gasteiger partial charge in [0, 0.05) is 19.1 Å². The third-order valence-electron chi connectivity index (χ3n) is 5.48. The van der Waals surface area contributed by atoms with Crippen LogP contribution in [0.4, 0.5) is 0 Å². The Bertz CT molecular complexity index is 746. The van der Waals surface area contributed by atoms with E-state index in [2.05, 4.69) is 12.1 Å². The number of hydrogen-bond acceptors (Lipinski definition) is 5. The molecule has 1 aliphatic heterocycles. The Morgan fingerprint density at radius 2 is 1.93 bits per heavy atom. The van der Waals surface area contributed by atoms with E-state index in [9.17, 15) is 4.79 Å². The highest BCUT2D eigenvalue weighted by molar-refractivity contribution is 5.85. The highest BCUT2D eigenvalue weighted by Crippen LogP contribution is 2.21. The number of carbonyl (C=O) groups excluding carboxylic acids is 1. The third kappa shape index (κ3) is 5.49. The number of nitrogens with zero attached hydrogens (tertiary/aromatic N) is 2. The summed E-state index contributed by atoms with van der Waals surface area (Å²) in [5, 5.41) is 3.93. The number of aromatic nitrogens is 1. The maximum absolute atomic E-state index is 12.5. The van der Waals surface area contributed by atoms with Gasteiger partial charge in [0.2, 0.25) is 5.91 Å². The first-order chi connectivity index (χ1) is 12.9. The molecule has 1 fully saturated rings. The molecule has 2 N–H and O–H groups in total. The van der Waals surface area contributed by atoms with Gasteiger partial charge < -0.3 is 19.9 Å². The number of halogens is 1. The van der Waals surface area contributed by atoms with E-state index in [-0.39, 0.29) is 24.4 Å². The lowest BCUT2D eigenvalue weighted by Crippen LogP contribution is -2.43. The number of ether oxygens (including phenoxy) is 1. The van der Waals surface area contributed by atoms with Crippen LogP contribution in [-0.2, 0) is 17.8 Å². The molecule has 1 amide bonds. The van der Waals surface area contributed by atoms with Crippen LogP contribution in [0.2, 0.25) is 0 Å². The number of nitrogens with two attached hydrogens (primary N) is 1. The predicted octanol–water partition coefficient (Wildman–Crippen LogP) is 3.42. The molecule has 2 aromatic rings. The Morgan fingerprint density at radius 1 is 1.29 bits per heavy atom. The summed E-state index contributed by atoms with van der Waals surface area (Å²) in [6.45, 7) is 7.88. The first-order valence-corrected chi connectivity index (χ1v) is 9.61. The Morgan fingerprint density at radius 3 is 2.46 bits per heavy atom. The fourth-order valence-electron chi connectivity index (χ4n) is 3.53. The molecule has 2 heterocycles. The van der Waals surface area contributed by atoms with Crippen molar-refractivity contribution in [3.63, 3.8) is 0 Å². The van der Waals surface area contributed by atoms with Gasteiger partial charge in [0.25, 0.3) is 0 Å². The molecule has 0 saturated carbocycles. The standard InChI is InChI=1S/C21H29N3O3.ClH/c1-14(22)18-8-10-24(11-9-18)21(25)12-17-4-6-19(7-5-17)26-13-20-15(2)23-27-16(20)3;/h4-7,14,18H,8-13,22H2,1-3H3;1H. The van der Waals surface area contributed by atoms with Gasteiger partial charge in [0.1, 0.15) is 18.1 Å². The highest BCUT2D eigenvalue weighted by atomic mass is 35.5. The maximum atomic E-state index is 12.5. The van der Waals surface area contributed by atoms with Crippen molar-refractivity contribution in [3.05, 3.63) is 46.8 Å². The molecule has 1 aliphatic rings. The number of aryl methyl sites for hydroxylation is 2. The SMILES string of the molecule is Cc1noc(C)c1COc1ccc(CC(=O)N2CCC(C(C)N)CC2)cc1.Cl. The van der Waals surface area contributed by atoms with E-state index < -0.39 is 0 Å². The topological polar surface area (TPSA) is 81.6 Å². The van der Waals surface area contributed by atoms with Crippen molar-refractivity contribution in [1.29, 1.82) is 0 Å². The van der Waals surface area contributed by atoms with Gasteiger partial charge in [-0.1, -0.05) is 17.3 Å². The summed E-state index contributed by atoms with van der Waals surface area (Å²) in [7, 11) is 0. The van der Waals surface area contributed by atoms with E-state index in [4.69, 9.17) is 15.0 Å². The summed E-state index contributed by atoms with van der Waals surface area (Å²) < 4.78 is 11.0. The van der Waals surface area contributed by atoms with Gasteiger partial charge in [0.05, 0.1) is 17.7 Å². The van der Waals surface area contributed by atoms with Crippen molar-refractivity contribution in [1.82, 2.24) is 10.1 Å². The maximum Gasteiger partial charge on any atom is 0.226 e. The van der Waals surface area contributed by atoms with Gasteiger partial charge in [0.15, 0.2) is 0 Å². The molecule has 0 aliphatic carbocycles. The van der Waals surface area contributed by atoms with Gasteiger partial charge in [-0.15, -0.1) is 12.4 Å². The number of benzene rings is 1. The summed E-state index contributed by atoms with van der Waals surface area (Å²) in [5.41, 5.74) is 8.80. The molecule has 1 saturated heterocycles. The zero-order valence-corrected chi connectivity index (χ0v) is 17.6. The van der Waals surface area contributed by atoms with Crippen molar-refractivity contribution < 1.29 is 14.1 Å². The lowest BCUT2D eigenvalue weighted by Gasteiger charge is -2.33. The number of hydrogen-bond donors (Lipinski definition) is 1. The molecule has 6 nitrogen and oxygen atoms in total. The predicted molar refractivity (Wildman–Crippen MR) is 111 cm³/mol. The lowest BCUT2D eigenvalue weighted by atomic mass is 9.91. The second kappa shape index (κ2) is 9.94. The van der Waals surface area contributed by atoms with E-state index in [1.54, 1.807) is 0 Å². The Kier molecular flexibility index (Phi) is 7.89. The summed E-state index contributed by atoms with van der Waals surface area (Å²) >= 11 is 0. The number of amides is 1. The Labute approximate surface area is 172 Å². The lowest BCUT2D eigenvalue weighted by molar-refractivity contribution is -0.131. The molecule has 3 rings (SSSR count). The highest BCUT2D eigenvalue weighted by Gasteiger charge is 2.24. The van der Waals surface area contributed by atoms with E-state index in [1.165, 1.54) is 0 Å². The van der Waals surface area contributed by atoms with Crippen LogP contribution in [0.15, 0.2) is 28.8 Å². The second-order valence-corrected chi connectivity index (χ2v) is 7.49. The van der Waals surface area contributed by atoms with Crippen LogP contribution in [-0.4, -0.2) is 35.1 Å². The van der Waals surface area contributed by atoms with Crippen molar-refractivity contribution in [2.45, 2.75) is 52.7 Å². The van der Waals surface area contributed by atoms with Crippen LogP contribution in [0.25, 0.3) is 0 Å². The van der Waals surface area contributed by atoms with E-state index in [1.807, 2.05) is 43.0 Å². The molecule has 0 radical (unpaired) electrons. The van der Waals surface area contributed by atoms with Crippen molar-refractivity contribution in [2.75, 3.05) is 13.1 Å². The summed E-state index contributed by atoms with van der Waals surface area (Å²) in [6, 6.07) is 7.93. The average molecular weight is 408 g/mol. The van der Waals surface area contributed by atoms with Crippen LogP contribution in [0.3, 0.4) is 0 Å². The molecular weight excluding hydrogens is 378 g/mol. The summed E-state index contributed by atoms with van der Waals surface area (Å²) in [6.07, 6.45) is 2.42. The van der Waals surface area contributed by atoms with Gasteiger partial charge in [-0.2, -0.15) is 0 Å². The fourth-order valence-corrected chi connectivity index (χ4v) is 3.53. The second-order valence-electron chi connectivity index (χ2n) is 7.49. The molecule has 1 aromatic carbocycles. The molecule has 7 heteroatoms.